The van der Waals surface area contributed by atoms with Gasteiger partial charge in [0.15, 0.2) is 0 Å². The van der Waals surface area contributed by atoms with Gasteiger partial charge in [0.05, 0.1) is 7.11 Å². The normalized spacial score (nSPS) is 10.2. The lowest BCUT2D eigenvalue weighted by Gasteiger charge is -2.09. The molecular formula is C15H17NO. The second kappa shape index (κ2) is 4.91. The summed E-state index contributed by atoms with van der Waals surface area (Å²) in [6, 6.07) is 14.2. The number of nitrogens with two attached hydrogens (primary N) is 1. The first-order chi connectivity index (χ1) is 8.20. The number of aryl methyl sites for hydroxylation is 1. The molecule has 2 aromatic carbocycles. The minimum atomic E-state index is 0.841. The van der Waals surface area contributed by atoms with Gasteiger partial charge in [-0.05, 0) is 35.7 Å². The second-order valence-corrected chi connectivity index (χ2v) is 4.18. The molecule has 0 atom stereocenters. The van der Waals surface area contributed by atoms with Crippen molar-refractivity contribution in [1.29, 1.82) is 0 Å². The summed E-state index contributed by atoms with van der Waals surface area (Å²) in [7, 11) is 1.70. The molecule has 0 amide bonds. The number of hydrogen-bond acceptors (Lipinski definition) is 2. The van der Waals surface area contributed by atoms with Crippen LogP contribution in [0.3, 0.4) is 0 Å². The van der Waals surface area contributed by atoms with Crippen molar-refractivity contribution in [2.75, 3.05) is 12.8 Å². The van der Waals surface area contributed by atoms with E-state index in [1.54, 1.807) is 7.11 Å². The predicted molar refractivity (Wildman–Crippen MR) is 71.4 cm³/mol. The summed E-state index contributed by atoms with van der Waals surface area (Å²) in [5.74, 6) is 0.932. The van der Waals surface area contributed by atoms with Gasteiger partial charge in [0.25, 0.3) is 0 Å². The summed E-state index contributed by atoms with van der Waals surface area (Å²) in [6.45, 7) is 2.03. The smallest absolute Gasteiger partial charge is 0.122 e. The van der Waals surface area contributed by atoms with Gasteiger partial charge in [-0.1, -0.05) is 30.3 Å². The molecule has 2 aromatic rings. The fraction of sp³-hybridized carbons (Fsp3) is 0.200. The van der Waals surface area contributed by atoms with Crippen LogP contribution in [-0.4, -0.2) is 7.11 Å². The zero-order chi connectivity index (χ0) is 12.3. The SMILES string of the molecule is COc1ccccc1Cc1ccc(N)c(C)c1. The average molecular weight is 227 g/mol. The molecule has 88 valence electrons. The Kier molecular flexibility index (Phi) is 3.33. The fourth-order valence-corrected chi connectivity index (χ4v) is 1.92. The summed E-state index contributed by atoms with van der Waals surface area (Å²) in [5, 5.41) is 0. The molecule has 2 nitrogen and oxygen atoms in total. The van der Waals surface area contributed by atoms with Crippen LogP contribution in [0, 0.1) is 6.92 Å². The topological polar surface area (TPSA) is 35.2 Å². The maximum absolute atomic E-state index is 5.81. The fourth-order valence-electron chi connectivity index (χ4n) is 1.92. The molecule has 2 N–H and O–H groups in total. The molecule has 0 saturated carbocycles. The molecule has 0 aliphatic carbocycles. The number of hydrogen-bond donors (Lipinski definition) is 1. The van der Waals surface area contributed by atoms with Crippen LogP contribution in [0.1, 0.15) is 16.7 Å². The van der Waals surface area contributed by atoms with Crippen LogP contribution in [0.15, 0.2) is 42.5 Å². The summed E-state index contributed by atoms with van der Waals surface area (Å²) < 4.78 is 5.35. The molecule has 0 aliphatic heterocycles. The molecule has 0 aliphatic rings. The van der Waals surface area contributed by atoms with E-state index >= 15 is 0 Å². The van der Waals surface area contributed by atoms with Crippen molar-refractivity contribution in [1.82, 2.24) is 0 Å². The Labute approximate surface area is 102 Å². The van der Waals surface area contributed by atoms with Crippen LogP contribution in [0.2, 0.25) is 0 Å². The van der Waals surface area contributed by atoms with Gasteiger partial charge in [-0.15, -0.1) is 0 Å². The minimum Gasteiger partial charge on any atom is -0.496 e. The number of ether oxygens (including phenoxy) is 1. The Morgan fingerprint density at radius 1 is 1.12 bits per heavy atom. The molecule has 0 bridgehead atoms. The lowest BCUT2D eigenvalue weighted by molar-refractivity contribution is 0.410. The second-order valence-electron chi connectivity index (χ2n) is 4.18. The maximum atomic E-state index is 5.81. The minimum absolute atomic E-state index is 0.841. The first-order valence-electron chi connectivity index (χ1n) is 5.67. The van der Waals surface area contributed by atoms with E-state index in [9.17, 15) is 0 Å². The Balaban J connectivity index is 2.28. The number of methoxy groups -OCH3 is 1. The lowest BCUT2D eigenvalue weighted by Crippen LogP contribution is -1.95. The largest absolute Gasteiger partial charge is 0.496 e. The van der Waals surface area contributed by atoms with Crippen LogP contribution in [0.25, 0.3) is 0 Å². The van der Waals surface area contributed by atoms with E-state index in [-0.39, 0.29) is 0 Å². The Morgan fingerprint density at radius 2 is 1.88 bits per heavy atom. The summed E-state index contributed by atoms with van der Waals surface area (Å²) in [5.41, 5.74) is 10.2. The van der Waals surface area contributed by atoms with Crippen molar-refractivity contribution in [3.8, 4) is 5.75 Å². The number of para-hydroxylation sites is 1. The van der Waals surface area contributed by atoms with Crippen LogP contribution in [0.5, 0.6) is 5.75 Å². The first-order valence-corrected chi connectivity index (χ1v) is 5.67. The summed E-state index contributed by atoms with van der Waals surface area (Å²) in [4.78, 5) is 0. The van der Waals surface area contributed by atoms with Crippen LogP contribution in [-0.2, 0) is 6.42 Å². The van der Waals surface area contributed by atoms with Crippen molar-refractivity contribution in [2.45, 2.75) is 13.3 Å². The molecule has 2 heteroatoms. The van der Waals surface area contributed by atoms with Crippen LogP contribution >= 0.6 is 0 Å². The average Bonchev–Trinajstić information content (AvgIpc) is 2.34. The highest BCUT2D eigenvalue weighted by atomic mass is 16.5. The van der Waals surface area contributed by atoms with Crippen molar-refractivity contribution in [2.24, 2.45) is 0 Å². The van der Waals surface area contributed by atoms with Gasteiger partial charge in [0, 0.05) is 12.1 Å². The molecule has 0 radical (unpaired) electrons. The van der Waals surface area contributed by atoms with E-state index in [0.717, 1.165) is 23.4 Å². The maximum Gasteiger partial charge on any atom is 0.122 e. The van der Waals surface area contributed by atoms with E-state index in [2.05, 4.69) is 18.2 Å². The first kappa shape index (κ1) is 11.5. The van der Waals surface area contributed by atoms with Gasteiger partial charge in [-0.2, -0.15) is 0 Å². The number of anilines is 1. The highest BCUT2D eigenvalue weighted by Gasteiger charge is 2.03. The molecule has 0 saturated heterocycles. The Bertz CT molecular complexity index is 520. The molecule has 17 heavy (non-hydrogen) atoms. The van der Waals surface area contributed by atoms with E-state index < -0.39 is 0 Å². The van der Waals surface area contributed by atoms with Gasteiger partial charge >= 0.3 is 0 Å². The predicted octanol–water partition coefficient (Wildman–Crippen LogP) is 3.18. The number of benzene rings is 2. The third-order valence-electron chi connectivity index (χ3n) is 2.92. The van der Waals surface area contributed by atoms with Crippen LogP contribution in [0.4, 0.5) is 5.69 Å². The van der Waals surface area contributed by atoms with Gasteiger partial charge in [-0.25, -0.2) is 0 Å². The standard InChI is InChI=1S/C15H17NO/c1-11-9-12(7-8-14(11)16)10-13-5-3-4-6-15(13)17-2/h3-9H,10,16H2,1-2H3. The quantitative estimate of drug-likeness (QED) is 0.817. The highest BCUT2D eigenvalue weighted by molar-refractivity contribution is 5.49. The van der Waals surface area contributed by atoms with Gasteiger partial charge in [0.1, 0.15) is 5.75 Å². The van der Waals surface area contributed by atoms with E-state index in [1.165, 1.54) is 11.1 Å². The molecule has 0 spiro atoms. The van der Waals surface area contributed by atoms with Crippen LogP contribution < -0.4 is 10.5 Å². The lowest BCUT2D eigenvalue weighted by atomic mass is 10.0. The molecular weight excluding hydrogens is 210 g/mol. The highest BCUT2D eigenvalue weighted by Crippen LogP contribution is 2.22. The van der Waals surface area contributed by atoms with Crippen molar-refractivity contribution in [3.05, 3.63) is 59.2 Å². The van der Waals surface area contributed by atoms with E-state index in [0.29, 0.717) is 0 Å². The number of rotatable bonds is 3. The Hall–Kier alpha value is -1.96. The van der Waals surface area contributed by atoms with Crippen molar-refractivity contribution >= 4 is 5.69 Å². The monoisotopic (exact) mass is 227 g/mol. The van der Waals surface area contributed by atoms with Gasteiger partial charge in [-0.3, -0.25) is 0 Å². The molecule has 2 rings (SSSR count). The summed E-state index contributed by atoms with van der Waals surface area (Å²) >= 11 is 0. The van der Waals surface area contributed by atoms with E-state index in [1.807, 2.05) is 31.2 Å². The van der Waals surface area contributed by atoms with E-state index in [4.69, 9.17) is 10.5 Å². The molecule has 0 unspecified atom stereocenters. The summed E-state index contributed by atoms with van der Waals surface area (Å²) in [6.07, 6.45) is 0.866. The third kappa shape index (κ3) is 2.59. The van der Waals surface area contributed by atoms with Crippen molar-refractivity contribution in [3.63, 3.8) is 0 Å². The molecule has 0 fully saturated rings. The van der Waals surface area contributed by atoms with Gasteiger partial charge < -0.3 is 10.5 Å². The van der Waals surface area contributed by atoms with Gasteiger partial charge in [0.2, 0.25) is 0 Å². The molecule has 0 aromatic heterocycles. The van der Waals surface area contributed by atoms with Crippen molar-refractivity contribution < 1.29 is 4.74 Å². The number of nitrogen functional groups attached to an aromatic ring is 1. The zero-order valence-electron chi connectivity index (χ0n) is 10.2. The zero-order valence-corrected chi connectivity index (χ0v) is 10.2. The third-order valence-corrected chi connectivity index (χ3v) is 2.92. The Morgan fingerprint density at radius 3 is 2.59 bits per heavy atom. The molecule has 0 heterocycles.